The molecule has 0 atom stereocenters. The zero-order valence-corrected chi connectivity index (χ0v) is 15.1. The Morgan fingerprint density at radius 1 is 1.17 bits per heavy atom. The fourth-order valence-electron chi connectivity index (χ4n) is 3.22. The molecule has 0 bridgehead atoms. The number of aromatic nitrogens is 1. The van der Waals surface area contributed by atoms with Crippen molar-refractivity contribution in [2.75, 3.05) is 14.2 Å². The summed E-state index contributed by atoms with van der Waals surface area (Å²) in [5, 5.41) is 0. The Hall–Kier alpha value is -2.43. The van der Waals surface area contributed by atoms with Crippen LogP contribution in [0.25, 0.3) is 11.3 Å². The van der Waals surface area contributed by atoms with Gasteiger partial charge in [0, 0.05) is 17.3 Å². The van der Waals surface area contributed by atoms with Gasteiger partial charge in [0.1, 0.15) is 11.5 Å². The Labute approximate surface area is 143 Å². The van der Waals surface area contributed by atoms with E-state index in [-0.39, 0.29) is 6.04 Å². The van der Waals surface area contributed by atoms with E-state index in [4.69, 9.17) is 15.2 Å². The van der Waals surface area contributed by atoms with Gasteiger partial charge in [0.05, 0.1) is 25.5 Å². The minimum Gasteiger partial charge on any atom is -0.497 e. The summed E-state index contributed by atoms with van der Waals surface area (Å²) in [5.74, 6) is 1.05. The van der Waals surface area contributed by atoms with E-state index in [1.807, 2.05) is 31.2 Å². The van der Waals surface area contributed by atoms with E-state index in [0.717, 1.165) is 41.3 Å². The summed E-state index contributed by atoms with van der Waals surface area (Å²) < 4.78 is 13.1. The number of methoxy groups -OCH3 is 2. The molecular formula is C19H26N2O3. The number of carbonyl (C=O) groups excluding carboxylic acids is 1. The van der Waals surface area contributed by atoms with E-state index in [2.05, 4.69) is 18.4 Å². The van der Waals surface area contributed by atoms with Crippen molar-refractivity contribution < 1.29 is 14.3 Å². The maximum Gasteiger partial charge on any atom is 0.250 e. The third kappa shape index (κ3) is 3.11. The molecule has 2 rings (SSSR count). The maximum atomic E-state index is 11.8. The molecule has 0 spiro atoms. The minimum atomic E-state index is -0.416. The summed E-state index contributed by atoms with van der Waals surface area (Å²) in [6, 6.07) is 7.79. The average molecular weight is 330 g/mol. The van der Waals surface area contributed by atoms with Crippen molar-refractivity contribution in [3.63, 3.8) is 0 Å². The maximum absolute atomic E-state index is 11.8. The smallest absolute Gasteiger partial charge is 0.250 e. The number of hydrogen-bond donors (Lipinski definition) is 1. The monoisotopic (exact) mass is 330 g/mol. The van der Waals surface area contributed by atoms with Crippen LogP contribution in [0, 0.1) is 6.92 Å². The van der Waals surface area contributed by atoms with Crippen LogP contribution in [0.3, 0.4) is 0 Å². The van der Waals surface area contributed by atoms with Gasteiger partial charge < -0.3 is 19.8 Å². The number of nitrogens with zero attached hydrogens (tertiary/aromatic N) is 1. The minimum absolute atomic E-state index is 0.281. The predicted octanol–water partition coefficient (Wildman–Crippen LogP) is 3.94. The second-order valence-corrected chi connectivity index (χ2v) is 5.80. The molecule has 2 aromatic rings. The Kier molecular flexibility index (Phi) is 5.54. The van der Waals surface area contributed by atoms with E-state index in [0.29, 0.717) is 5.56 Å². The van der Waals surface area contributed by atoms with Crippen LogP contribution < -0.4 is 15.2 Å². The highest BCUT2D eigenvalue weighted by molar-refractivity contribution is 5.96. The first-order valence-electron chi connectivity index (χ1n) is 8.22. The third-order valence-electron chi connectivity index (χ3n) is 4.55. The predicted molar refractivity (Wildman–Crippen MR) is 95.8 cm³/mol. The van der Waals surface area contributed by atoms with Gasteiger partial charge in [-0.3, -0.25) is 4.79 Å². The first-order valence-corrected chi connectivity index (χ1v) is 8.22. The molecule has 1 heterocycles. The van der Waals surface area contributed by atoms with Crippen molar-refractivity contribution in [2.24, 2.45) is 5.73 Å². The fraction of sp³-hybridized carbons (Fsp3) is 0.421. The van der Waals surface area contributed by atoms with Crippen LogP contribution >= 0.6 is 0 Å². The molecule has 0 fully saturated rings. The topological polar surface area (TPSA) is 66.5 Å². The quantitative estimate of drug-likeness (QED) is 0.836. The molecule has 130 valence electrons. The molecule has 1 amide bonds. The molecule has 0 saturated heterocycles. The molecule has 0 aliphatic rings. The van der Waals surface area contributed by atoms with E-state index in [1.165, 1.54) is 0 Å². The van der Waals surface area contributed by atoms with Gasteiger partial charge in [0.15, 0.2) is 0 Å². The highest BCUT2D eigenvalue weighted by Crippen LogP contribution is 2.38. The third-order valence-corrected chi connectivity index (χ3v) is 4.55. The van der Waals surface area contributed by atoms with E-state index in [1.54, 1.807) is 14.2 Å². The number of primary amides is 1. The van der Waals surface area contributed by atoms with Gasteiger partial charge in [-0.15, -0.1) is 0 Å². The highest BCUT2D eigenvalue weighted by Gasteiger charge is 2.23. The van der Waals surface area contributed by atoms with Crippen molar-refractivity contribution in [3.05, 3.63) is 35.5 Å². The van der Waals surface area contributed by atoms with Crippen LogP contribution in [-0.4, -0.2) is 24.7 Å². The van der Waals surface area contributed by atoms with E-state index in [9.17, 15) is 4.79 Å². The van der Waals surface area contributed by atoms with Crippen LogP contribution in [-0.2, 0) is 0 Å². The lowest BCUT2D eigenvalue weighted by Crippen LogP contribution is -2.14. The largest absolute Gasteiger partial charge is 0.497 e. The number of nitrogens with two attached hydrogens (primary N) is 1. The zero-order valence-electron chi connectivity index (χ0n) is 15.1. The Morgan fingerprint density at radius 3 is 2.33 bits per heavy atom. The summed E-state index contributed by atoms with van der Waals surface area (Å²) >= 11 is 0. The molecule has 5 nitrogen and oxygen atoms in total. The summed E-state index contributed by atoms with van der Waals surface area (Å²) in [5.41, 5.74) is 8.82. The lowest BCUT2D eigenvalue weighted by molar-refractivity contribution is 0.0999. The summed E-state index contributed by atoms with van der Waals surface area (Å²) in [6.45, 7) is 6.23. The second-order valence-electron chi connectivity index (χ2n) is 5.80. The zero-order chi connectivity index (χ0) is 17.9. The first-order chi connectivity index (χ1) is 11.5. The standard InChI is InChI=1S/C19H26N2O3/c1-6-13(7-2)21-12(3)15(19(20)22)11-17(21)16-10-14(23-4)8-9-18(16)24-5/h8-11,13H,6-7H2,1-5H3,(H2,20,22). The van der Waals surface area contributed by atoms with Gasteiger partial charge in [0.25, 0.3) is 5.91 Å². The molecule has 1 aromatic carbocycles. The fourth-order valence-corrected chi connectivity index (χ4v) is 3.22. The second kappa shape index (κ2) is 7.43. The molecular weight excluding hydrogens is 304 g/mol. The molecule has 1 aromatic heterocycles. The van der Waals surface area contributed by atoms with Crippen LogP contribution in [0.1, 0.15) is 48.8 Å². The highest BCUT2D eigenvalue weighted by atomic mass is 16.5. The molecule has 0 unspecified atom stereocenters. The number of benzene rings is 1. The van der Waals surface area contributed by atoms with Gasteiger partial charge >= 0.3 is 0 Å². The van der Waals surface area contributed by atoms with Crippen molar-refractivity contribution in [2.45, 2.75) is 39.7 Å². The number of rotatable bonds is 7. The number of ether oxygens (including phenoxy) is 2. The molecule has 24 heavy (non-hydrogen) atoms. The molecule has 2 N–H and O–H groups in total. The SMILES string of the molecule is CCC(CC)n1c(-c2cc(OC)ccc2OC)cc(C(N)=O)c1C. The Bertz CT molecular complexity index is 730. The van der Waals surface area contributed by atoms with Gasteiger partial charge in [-0.05, 0) is 44.0 Å². The molecule has 0 radical (unpaired) electrons. The summed E-state index contributed by atoms with van der Waals surface area (Å²) in [6.07, 6.45) is 1.92. The van der Waals surface area contributed by atoms with Crippen molar-refractivity contribution in [3.8, 4) is 22.8 Å². The molecule has 0 aliphatic carbocycles. The van der Waals surface area contributed by atoms with E-state index >= 15 is 0 Å². The number of hydrogen-bond acceptors (Lipinski definition) is 3. The van der Waals surface area contributed by atoms with Crippen molar-refractivity contribution >= 4 is 5.91 Å². The number of amides is 1. The lowest BCUT2D eigenvalue weighted by Gasteiger charge is -2.22. The van der Waals surface area contributed by atoms with Gasteiger partial charge in [-0.2, -0.15) is 0 Å². The normalized spacial score (nSPS) is 10.9. The van der Waals surface area contributed by atoms with Gasteiger partial charge in [-0.1, -0.05) is 13.8 Å². The Balaban J connectivity index is 2.78. The van der Waals surface area contributed by atoms with E-state index < -0.39 is 5.91 Å². The summed E-state index contributed by atoms with van der Waals surface area (Å²) in [4.78, 5) is 11.8. The molecule has 5 heteroatoms. The van der Waals surface area contributed by atoms with Crippen LogP contribution in [0.5, 0.6) is 11.5 Å². The summed E-state index contributed by atoms with van der Waals surface area (Å²) in [7, 11) is 3.27. The first kappa shape index (κ1) is 17.9. The number of carbonyl (C=O) groups is 1. The van der Waals surface area contributed by atoms with Crippen molar-refractivity contribution in [1.82, 2.24) is 4.57 Å². The van der Waals surface area contributed by atoms with Gasteiger partial charge in [-0.25, -0.2) is 0 Å². The van der Waals surface area contributed by atoms with Crippen LogP contribution in [0.4, 0.5) is 0 Å². The molecule has 0 aliphatic heterocycles. The van der Waals surface area contributed by atoms with Crippen LogP contribution in [0.2, 0.25) is 0 Å². The van der Waals surface area contributed by atoms with Gasteiger partial charge in [0.2, 0.25) is 0 Å². The Morgan fingerprint density at radius 2 is 1.83 bits per heavy atom. The average Bonchev–Trinajstić information content (AvgIpc) is 2.93. The van der Waals surface area contributed by atoms with Crippen LogP contribution in [0.15, 0.2) is 24.3 Å². The molecule has 0 saturated carbocycles. The van der Waals surface area contributed by atoms with Crippen molar-refractivity contribution in [1.29, 1.82) is 0 Å². The lowest BCUT2D eigenvalue weighted by atomic mass is 10.1.